The lowest BCUT2D eigenvalue weighted by atomic mass is 9.95. The highest BCUT2D eigenvalue weighted by Gasteiger charge is 2.28. The number of hydrogen-bond acceptors (Lipinski definition) is 3. The fourth-order valence-electron chi connectivity index (χ4n) is 2.22. The average Bonchev–Trinajstić information content (AvgIpc) is 2.42. The third-order valence-electron chi connectivity index (χ3n) is 3.97. The minimum Gasteiger partial charge on any atom is -0.493 e. The van der Waals surface area contributed by atoms with Gasteiger partial charge in [-0.2, -0.15) is 0 Å². The van der Waals surface area contributed by atoms with E-state index < -0.39 is 5.54 Å². The average molecular weight is 292 g/mol. The summed E-state index contributed by atoms with van der Waals surface area (Å²) in [7, 11) is 1.75. The maximum Gasteiger partial charge on any atom is 0.237 e. The molecule has 0 saturated carbocycles. The highest BCUT2D eigenvalue weighted by Crippen LogP contribution is 2.27. The first-order valence-corrected chi connectivity index (χ1v) is 7.52. The van der Waals surface area contributed by atoms with Crippen molar-refractivity contribution in [1.82, 2.24) is 5.32 Å². The van der Waals surface area contributed by atoms with Crippen LogP contribution in [0.4, 0.5) is 0 Å². The summed E-state index contributed by atoms with van der Waals surface area (Å²) < 4.78 is 5.92. The molecule has 0 bridgehead atoms. The van der Waals surface area contributed by atoms with Gasteiger partial charge in [-0.1, -0.05) is 26.0 Å². The first kappa shape index (κ1) is 17.5. The van der Waals surface area contributed by atoms with Gasteiger partial charge in [-0.15, -0.1) is 0 Å². The second-order valence-corrected chi connectivity index (χ2v) is 6.09. The van der Waals surface area contributed by atoms with Crippen molar-refractivity contribution in [3.8, 4) is 5.75 Å². The number of nitrogens with two attached hydrogens (primary N) is 1. The number of carbonyl (C=O) groups excluding carboxylic acids is 1. The molecule has 1 aromatic carbocycles. The van der Waals surface area contributed by atoms with Crippen LogP contribution in [0.2, 0.25) is 0 Å². The fraction of sp³-hybridized carbons (Fsp3) is 0.588. The van der Waals surface area contributed by atoms with Gasteiger partial charge in [0, 0.05) is 0 Å². The molecule has 1 aromatic rings. The summed E-state index contributed by atoms with van der Waals surface area (Å²) in [6, 6.07) is 6.30. The number of hydrogen-bond donors (Lipinski definition) is 2. The molecule has 1 unspecified atom stereocenters. The number of benzene rings is 1. The molecule has 1 amide bonds. The Morgan fingerprint density at radius 2 is 2.10 bits per heavy atom. The molecule has 0 aromatic heterocycles. The topological polar surface area (TPSA) is 64.3 Å². The maximum atomic E-state index is 11.4. The molecule has 0 aliphatic rings. The van der Waals surface area contributed by atoms with Crippen molar-refractivity contribution in [1.29, 1.82) is 0 Å². The van der Waals surface area contributed by atoms with Gasteiger partial charge in [0.25, 0.3) is 0 Å². The normalized spacial score (nSPS) is 14.0. The van der Waals surface area contributed by atoms with Crippen LogP contribution in [0.1, 0.15) is 50.7 Å². The number of primary amides is 1. The van der Waals surface area contributed by atoms with Gasteiger partial charge in [0.1, 0.15) is 5.75 Å². The summed E-state index contributed by atoms with van der Waals surface area (Å²) in [6.07, 6.45) is 1.42. The quantitative estimate of drug-likeness (QED) is 0.724. The molecular weight excluding hydrogens is 264 g/mol. The minimum absolute atomic E-state index is 0.330. The zero-order valence-corrected chi connectivity index (χ0v) is 13.8. The Bertz CT molecular complexity index is 486. The highest BCUT2D eigenvalue weighted by atomic mass is 16.5. The zero-order chi connectivity index (χ0) is 16.0. The van der Waals surface area contributed by atoms with Crippen LogP contribution in [0.3, 0.4) is 0 Å². The lowest BCUT2D eigenvalue weighted by molar-refractivity contribution is -0.123. The van der Waals surface area contributed by atoms with Gasteiger partial charge in [0.2, 0.25) is 5.91 Å². The van der Waals surface area contributed by atoms with Crippen LogP contribution >= 0.6 is 0 Å². The molecule has 0 heterocycles. The van der Waals surface area contributed by atoms with Gasteiger partial charge >= 0.3 is 0 Å². The monoisotopic (exact) mass is 292 g/mol. The Kier molecular flexibility index (Phi) is 6.21. The summed E-state index contributed by atoms with van der Waals surface area (Å²) in [5.74, 6) is 1.03. The van der Waals surface area contributed by atoms with E-state index in [1.54, 1.807) is 7.05 Å². The molecule has 118 valence electrons. The van der Waals surface area contributed by atoms with E-state index in [1.807, 2.05) is 6.92 Å². The smallest absolute Gasteiger partial charge is 0.237 e. The zero-order valence-electron chi connectivity index (χ0n) is 13.8. The number of rotatable bonds is 8. The van der Waals surface area contributed by atoms with Gasteiger partial charge < -0.3 is 15.8 Å². The van der Waals surface area contributed by atoms with Gasteiger partial charge in [-0.25, -0.2) is 0 Å². The number of nitrogens with one attached hydrogen (secondary N) is 1. The van der Waals surface area contributed by atoms with Crippen LogP contribution in [0.15, 0.2) is 18.2 Å². The third kappa shape index (κ3) is 4.74. The van der Waals surface area contributed by atoms with E-state index in [2.05, 4.69) is 44.3 Å². The van der Waals surface area contributed by atoms with E-state index in [-0.39, 0.29) is 5.91 Å². The van der Waals surface area contributed by atoms with E-state index in [1.165, 1.54) is 11.1 Å². The van der Waals surface area contributed by atoms with E-state index in [0.717, 1.165) is 12.2 Å². The Balaban J connectivity index is 2.61. The summed E-state index contributed by atoms with van der Waals surface area (Å²) in [4.78, 5) is 11.4. The van der Waals surface area contributed by atoms with Crippen molar-refractivity contribution >= 4 is 5.91 Å². The molecule has 3 N–H and O–H groups in total. The summed E-state index contributed by atoms with van der Waals surface area (Å²) >= 11 is 0. The first-order valence-electron chi connectivity index (χ1n) is 7.52. The molecule has 1 atom stereocenters. The molecule has 0 aliphatic heterocycles. The van der Waals surface area contributed by atoms with Crippen molar-refractivity contribution in [2.45, 2.75) is 52.0 Å². The summed E-state index contributed by atoms with van der Waals surface area (Å²) in [5, 5.41) is 2.99. The number of amides is 1. The van der Waals surface area contributed by atoms with Crippen molar-refractivity contribution < 1.29 is 9.53 Å². The standard InChI is InChI=1S/C17H28N2O2/c1-12(2)14-8-7-13(3)11-15(14)21-10-6-9-17(4,19-5)16(18)20/h7-8,11-12,19H,6,9-10H2,1-5H3,(H2,18,20). The largest absolute Gasteiger partial charge is 0.493 e. The van der Waals surface area contributed by atoms with E-state index >= 15 is 0 Å². The Hall–Kier alpha value is -1.55. The third-order valence-corrected chi connectivity index (χ3v) is 3.97. The predicted molar refractivity (Wildman–Crippen MR) is 86.7 cm³/mol. The van der Waals surface area contributed by atoms with Crippen LogP contribution in [0.25, 0.3) is 0 Å². The van der Waals surface area contributed by atoms with Crippen molar-refractivity contribution in [3.63, 3.8) is 0 Å². The lowest BCUT2D eigenvalue weighted by Crippen LogP contribution is -2.51. The molecule has 0 spiro atoms. The van der Waals surface area contributed by atoms with Gasteiger partial charge in [-0.05, 0) is 56.8 Å². The molecule has 0 fully saturated rings. The molecule has 0 radical (unpaired) electrons. The molecule has 4 heteroatoms. The van der Waals surface area contributed by atoms with Crippen LogP contribution in [-0.2, 0) is 4.79 Å². The Labute approximate surface area is 128 Å². The van der Waals surface area contributed by atoms with Crippen LogP contribution in [-0.4, -0.2) is 25.1 Å². The van der Waals surface area contributed by atoms with Crippen LogP contribution < -0.4 is 15.8 Å². The molecule has 21 heavy (non-hydrogen) atoms. The molecule has 1 rings (SSSR count). The highest BCUT2D eigenvalue weighted by molar-refractivity contribution is 5.84. The molecular formula is C17H28N2O2. The second kappa shape index (κ2) is 7.46. The van der Waals surface area contributed by atoms with E-state index in [0.29, 0.717) is 18.9 Å². The summed E-state index contributed by atoms with van der Waals surface area (Å²) in [5.41, 5.74) is 7.15. The van der Waals surface area contributed by atoms with Crippen molar-refractivity contribution in [2.24, 2.45) is 5.73 Å². The lowest BCUT2D eigenvalue weighted by Gasteiger charge is -2.25. The van der Waals surface area contributed by atoms with Gasteiger partial charge in [0.15, 0.2) is 0 Å². The summed E-state index contributed by atoms with van der Waals surface area (Å²) in [6.45, 7) is 8.77. The molecule has 0 saturated heterocycles. The Morgan fingerprint density at radius 3 is 2.62 bits per heavy atom. The maximum absolute atomic E-state index is 11.4. The predicted octanol–water partition coefficient (Wildman–Crippen LogP) is 2.74. The van der Waals surface area contributed by atoms with E-state index in [4.69, 9.17) is 10.5 Å². The molecule has 4 nitrogen and oxygen atoms in total. The Morgan fingerprint density at radius 1 is 1.43 bits per heavy atom. The number of likely N-dealkylation sites (N-methyl/N-ethyl adjacent to an activating group) is 1. The molecule has 0 aliphatic carbocycles. The minimum atomic E-state index is -0.670. The van der Waals surface area contributed by atoms with Crippen LogP contribution in [0, 0.1) is 6.92 Å². The van der Waals surface area contributed by atoms with Gasteiger partial charge in [0.05, 0.1) is 12.1 Å². The second-order valence-electron chi connectivity index (χ2n) is 6.09. The van der Waals surface area contributed by atoms with Crippen LogP contribution in [0.5, 0.6) is 5.75 Å². The van der Waals surface area contributed by atoms with Crippen molar-refractivity contribution in [3.05, 3.63) is 29.3 Å². The fourth-order valence-corrected chi connectivity index (χ4v) is 2.22. The number of aryl methyl sites for hydroxylation is 1. The number of carbonyl (C=O) groups is 1. The van der Waals surface area contributed by atoms with E-state index in [9.17, 15) is 4.79 Å². The number of ether oxygens (including phenoxy) is 1. The van der Waals surface area contributed by atoms with Crippen molar-refractivity contribution in [2.75, 3.05) is 13.7 Å². The van der Waals surface area contributed by atoms with Gasteiger partial charge in [-0.3, -0.25) is 4.79 Å². The SMILES string of the molecule is CNC(C)(CCCOc1cc(C)ccc1C(C)C)C(N)=O. The first-order chi connectivity index (χ1) is 9.80.